The Morgan fingerprint density at radius 2 is 2.00 bits per heavy atom. The quantitative estimate of drug-likeness (QED) is 0.785. The molecule has 2 aliphatic heterocycles. The van der Waals surface area contributed by atoms with Gasteiger partial charge in [0.2, 0.25) is 5.91 Å². The Hall–Kier alpha value is -1.55. The van der Waals surface area contributed by atoms with Crippen molar-refractivity contribution in [3.05, 3.63) is 34.9 Å². The highest BCUT2D eigenvalue weighted by Crippen LogP contribution is 2.52. The van der Waals surface area contributed by atoms with Gasteiger partial charge in [0, 0.05) is 35.1 Å². The molecule has 3 aliphatic rings. The Morgan fingerprint density at radius 1 is 1.21 bits per heavy atom. The van der Waals surface area contributed by atoms with Crippen molar-refractivity contribution < 1.29 is 9.59 Å². The molecule has 1 spiro atoms. The lowest BCUT2D eigenvalue weighted by atomic mass is 9.61. The molecule has 3 fully saturated rings. The van der Waals surface area contributed by atoms with Gasteiger partial charge >= 0.3 is 0 Å². The Bertz CT molecular complexity index is 735. The van der Waals surface area contributed by atoms with Gasteiger partial charge in [-0.1, -0.05) is 24.9 Å². The van der Waals surface area contributed by atoms with E-state index in [1.165, 1.54) is 0 Å². The summed E-state index contributed by atoms with van der Waals surface area (Å²) in [7, 11) is 0. The number of nitrogens with one attached hydrogen (secondary N) is 1. The molecule has 1 N–H and O–H groups in total. The first kappa shape index (κ1) is 19.8. The molecular formula is C23H31ClN2O2. The monoisotopic (exact) mass is 402 g/mol. The zero-order valence-corrected chi connectivity index (χ0v) is 17.5. The van der Waals surface area contributed by atoms with Crippen molar-refractivity contribution in [2.24, 2.45) is 11.8 Å². The highest BCUT2D eigenvalue weighted by atomic mass is 35.5. The SMILES string of the molecule is CCC[C@H]1[C@@H](NC(=O)c2ccc(Cl)cc2)CC[C@@]23CCCN2C(=O)CCC[C@@H]13. The molecule has 2 amide bonds. The van der Waals surface area contributed by atoms with Crippen molar-refractivity contribution in [3.63, 3.8) is 0 Å². The van der Waals surface area contributed by atoms with Crippen LogP contribution < -0.4 is 5.32 Å². The van der Waals surface area contributed by atoms with E-state index in [1.54, 1.807) is 24.3 Å². The fourth-order valence-electron chi connectivity index (χ4n) is 6.26. The maximum Gasteiger partial charge on any atom is 0.251 e. The first-order chi connectivity index (χ1) is 13.5. The zero-order valence-electron chi connectivity index (χ0n) is 16.8. The van der Waals surface area contributed by atoms with E-state index >= 15 is 0 Å². The van der Waals surface area contributed by atoms with Crippen LogP contribution in [-0.2, 0) is 4.79 Å². The van der Waals surface area contributed by atoms with Gasteiger partial charge in [0.05, 0.1) is 0 Å². The maximum atomic E-state index is 12.9. The molecule has 4 atom stereocenters. The van der Waals surface area contributed by atoms with E-state index in [0.29, 0.717) is 34.7 Å². The van der Waals surface area contributed by atoms with Gasteiger partial charge in [-0.15, -0.1) is 0 Å². The minimum absolute atomic E-state index is 0.00769. The minimum atomic E-state index is -0.00769. The van der Waals surface area contributed by atoms with E-state index in [4.69, 9.17) is 11.6 Å². The highest BCUT2D eigenvalue weighted by molar-refractivity contribution is 6.30. The number of carbonyl (C=O) groups excluding carboxylic acids is 2. The van der Waals surface area contributed by atoms with Gasteiger partial charge in [-0.25, -0.2) is 0 Å². The van der Waals surface area contributed by atoms with Gasteiger partial charge in [0.15, 0.2) is 0 Å². The number of amides is 2. The number of hydrogen-bond donors (Lipinski definition) is 1. The zero-order chi connectivity index (χ0) is 19.7. The van der Waals surface area contributed by atoms with Gasteiger partial charge < -0.3 is 10.2 Å². The van der Waals surface area contributed by atoms with Crippen LogP contribution >= 0.6 is 11.6 Å². The van der Waals surface area contributed by atoms with Crippen LogP contribution in [0.5, 0.6) is 0 Å². The molecule has 2 heterocycles. The summed E-state index contributed by atoms with van der Waals surface area (Å²) in [5, 5.41) is 3.99. The van der Waals surface area contributed by atoms with E-state index in [2.05, 4.69) is 17.1 Å². The molecule has 2 saturated heterocycles. The topological polar surface area (TPSA) is 49.4 Å². The third-order valence-electron chi connectivity index (χ3n) is 7.39. The molecule has 152 valence electrons. The van der Waals surface area contributed by atoms with Crippen molar-refractivity contribution in [1.29, 1.82) is 0 Å². The van der Waals surface area contributed by atoms with Crippen LogP contribution in [0.2, 0.25) is 5.02 Å². The van der Waals surface area contributed by atoms with E-state index in [9.17, 15) is 9.59 Å². The van der Waals surface area contributed by atoms with E-state index < -0.39 is 0 Å². The normalized spacial score (nSPS) is 32.4. The van der Waals surface area contributed by atoms with Crippen LogP contribution in [0.1, 0.15) is 75.1 Å². The highest BCUT2D eigenvalue weighted by Gasteiger charge is 2.55. The molecule has 28 heavy (non-hydrogen) atoms. The van der Waals surface area contributed by atoms with Crippen LogP contribution in [0.25, 0.3) is 0 Å². The van der Waals surface area contributed by atoms with Crippen molar-refractivity contribution in [2.75, 3.05) is 6.54 Å². The number of carbonyl (C=O) groups is 2. The van der Waals surface area contributed by atoms with Gasteiger partial charge in [-0.05, 0) is 81.0 Å². The predicted molar refractivity (Wildman–Crippen MR) is 111 cm³/mol. The Kier molecular flexibility index (Phi) is 5.69. The van der Waals surface area contributed by atoms with Crippen LogP contribution in [-0.4, -0.2) is 34.8 Å². The fraction of sp³-hybridized carbons (Fsp3) is 0.652. The van der Waals surface area contributed by atoms with Crippen LogP contribution in [0, 0.1) is 11.8 Å². The smallest absolute Gasteiger partial charge is 0.251 e. The molecular weight excluding hydrogens is 372 g/mol. The summed E-state index contributed by atoms with van der Waals surface area (Å²) in [4.78, 5) is 27.8. The second-order valence-electron chi connectivity index (χ2n) is 8.83. The summed E-state index contributed by atoms with van der Waals surface area (Å²) in [5.41, 5.74) is 0.716. The van der Waals surface area contributed by atoms with E-state index in [1.807, 2.05) is 0 Å². The molecule has 0 aromatic heterocycles. The van der Waals surface area contributed by atoms with Gasteiger partial charge in [-0.2, -0.15) is 0 Å². The number of halogens is 1. The number of hydrogen-bond acceptors (Lipinski definition) is 2. The number of benzene rings is 1. The summed E-state index contributed by atoms with van der Waals surface area (Å²) in [6.07, 6.45) is 9.27. The third kappa shape index (κ3) is 3.45. The van der Waals surface area contributed by atoms with E-state index in [-0.39, 0.29) is 17.5 Å². The molecule has 5 heteroatoms. The average molecular weight is 403 g/mol. The molecule has 1 saturated carbocycles. The van der Waals surface area contributed by atoms with Gasteiger partial charge in [0.1, 0.15) is 0 Å². The lowest BCUT2D eigenvalue weighted by Gasteiger charge is -2.53. The maximum absolute atomic E-state index is 12.9. The number of nitrogens with zero attached hydrogens (tertiary/aromatic N) is 1. The minimum Gasteiger partial charge on any atom is -0.349 e. The fourth-order valence-corrected chi connectivity index (χ4v) is 6.39. The Morgan fingerprint density at radius 3 is 2.75 bits per heavy atom. The molecule has 0 unspecified atom stereocenters. The summed E-state index contributed by atoms with van der Waals surface area (Å²) in [6, 6.07) is 7.31. The molecule has 1 aromatic carbocycles. The second-order valence-corrected chi connectivity index (χ2v) is 9.27. The van der Waals surface area contributed by atoms with Crippen molar-refractivity contribution in [1.82, 2.24) is 10.2 Å². The largest absolute Gasteiger partial charge is 0.349 e. The standard InChI is InChI=1S/C23H31ClN2O2/c1-2-5-18-19-6-3-7-21(27)26-15-4-13-23(19,26)14-12-20(18)25-22(28)16-8-10-17(24)11-9-16/h8-11,18-20H,2-7,12-15H2,1H3,(H,25,28)/t18-,19+,20+,23-/m1/s1. The molecule has 4 nitrogen and oxygen atoms in total. The number of rotatable bonds is 4. The molecule has 1 aromatic rings. The molecule has 4 rings (SSSR count). The van der Waals surface area contributed by atoms with Crippen molar-refractivity contribution in [2.45, 2.75) is 76.3 Å². The van der Waals surface area contributed by atoms with Crippen LogP contribution in [0.4, 0.5) is 0 Å². The Labute approximate surface area is 173 Å². The first-order valence-electron chi connectivity index (χ1n) is 10.9. The van der Waals surface area contributed by atoms with Crippen molar-refractivity contribution >= 4 is 23.4 Å². The predicted octanol–water partition coefficient (Wildman–Crippen LogP) is 4.81. The Balaban J connectivity index is 1.57. The summed E-state index contributed by atoms with van der Waals surface area (Å²) in [6.45, 7) is 3.16. The van der Waals surface area contributed by atoms with E-state index in [0.717, 1.165) is 57.9 Å². The lowest BCUT2D eigenvalue weighted by Crippen LogP contribution is -2.60. The van der Waals surface area contributed by atoms with Crippen molar-refractivity contribution in [3.8, 4) is 0 Å². The second kappa shape index (κ2) is 8.06. The molecule has 0 bridgehead atoms. The van der Waals surface area contributed by atoms with Crippen LogP contribution in [0.15, 0.2) is 24.3 Å². The van der Waals surface area contributed by atoms with Gasteiger partial charge in [0.25, 0.3) is 5.91 Å². The third-order valence-corrected chi connectivity index (χ3v) is 7.64. The summed E-state index contributed by atoms with van der Waals surface area (Å²) in [5.74, 6) is 1.30. The van der Waals surface area contributed by atoms with Gasteiger partial charge in [-0.3, -0.25) is 9.59 Å². The van der Waals surface area contributed by atoms with Crippen LogP contribution in [0.3, 0.4) is 0 Å². The average Bonchev–Trinajstić information content (AvgIpc) is 3.05. The lowest BCUT2D eigenvalue weighted by molar-refractivity contribution is -0.138. The molecule has 0 radical (unpaired) electrons. The first-order valence-corrected chi connectivity index (χ1v) is 11.3. The summed E-state index contributed by atoms with van der Waals surface area (Å²) < 4.78 is 0. The summed E-state index contributed by atoms with van der Waals surface area (Å²) >= 11 is 5.96. The molecule has 1 aliphatic carbocycles.